The Morgan fingerprint density at radius 3 is 2.44 bits per heavy atom. The Labute approximate surface area is 158 Å². The van der Waals surface area contributed by atoms with Crippen LogP contribution in [0.3, 0.4) is 0 Å². The van der Waals surface area contributed by atoms with Crippen molar-refractivity contribution in [2.24, 2.45) is 5.41 Å². The van der Waals surface area contributed by atoms with Crippen LogP contribution in [-0.4, -0.2) is 26.0 Å². The molecule has 2 N–H and O–H groups in total. The minimum Gasteiger partial charge on any atom is -0.497 e. The second-order valence-corrected chi connectivity index (χ2v) is 6.77. The summed E-state index contributed by atoms with van der Waals surface area (Å²) >= 11 is 0. The second kappa shape index (κ2) is 7.70. The van der Waals surface area contributed by atoms with Gasteiger partial charge in [-0.3, -0.25) is 9.59 Å². The molecule has 142 valence electrons. The standard InChI is InChI=1S/C21H24N2O4/c1-14-5-4-6-15(11-14)13-22-19(24)21(9-10-21)20(25)23-17-8-7-16(26-2)12-18(17)27-3/h4-8,11-12H,9-10,13H2,1-3H3,(H,22,24)(H,23,25). The van der Waals surface area contributed by atoms with Crippen LogP contribution in [0.2, 0.25) is 0 Å². The predicted octanol–water partition coefficient (Wildman–Crippen LogP) is 3.05. The Morgan fingerprint density at radius 2 is 1.81 bits per heavy atom. The fourth-order valence-electron chi connectivity index (χ4n) is 3.00. The first-order valence-corrected chi connectivity index (χ1v) is 8.86. The van der Waals surface area contributed by atoms with Gasteiger partial charge in [0.1, 0.15) is 16.9 Å². The summed E-state index contributed by atoms with van der Waals surface area (Å²) in [6.07, 6.45) is 1.08. The van der Waals surface area contributed by atoms with Gasteiger partial charge in [-0.25, -0.2) is 0 Å². The van der Waals surface area contributed by atoms with Crippen LogP contribution in [0.1, 0.15) is 24.0 Å². The lowest BCUT2D eigenvalue weighted by atomic mass is 10.0. The average Bonchev–Trinajstić information content (AvgIpc) is 3.48. The monoisotopic (exact) mass is 368 g/mol. The number of carbonyl (C=O) groups is 2. The van der Waals surface area contributed by atoms with E-state index < -0.39 is 5.41 Å². The first-order chi connectivity index (χ1) is 13.0. The van der Waals surface area contributed by atoms with Crippen molar-refractivity contribution in [3.8, 4) is 11.5 Å². The van der Waals surface area contributed by atoms with Crippen LogP contribution in [-0.2, 0) is 16.1 Å². The van der Waals surface area contributed by atoms with Gasteiger partial charge in [-0.05, 0) is 37.5 Å². The zero-order valence-corrected chi connectivity index (χ0v) is 15.8. The molecule has 1 fully saturated rings. The van der Waals surface area contributed by atoms with E-state index in [0.29, 0.717) is 36.6 Å². The molecule has 0 radical (unpaired) electrons. The van der Waals surface area contributed by atoms with Crippen molar-refractivity contribution in [3.63, 3.8) is 0 Å². The molecule has 1 saturated carbocycles. The molecular formula is C21H24N2O4. The summed E-state index contributed by atoms with van der Waals surface area (Å²) in [5, 5.41) is 5.71. The highest BCUT2D eigenvalue weighted by Crippen LogP contribution is 2.47. The maximum absolute atomic E-state index is 12.8. The number of benzene rings is 2. The number of hydrogen-bond acceptors (Lipinski definition) is 4. The van der Waals surface area contributed by atoms with E-state index in [4.69, 9.17) is 9.47 Å². The Kier molecular flexibility index (Phi) is 5.35. The van der Waals surface area contributed by atoms with Crippen LogP contribution >= 0.6 is 0 Å². The van der Waals surface area contributed by atoms with Crippen molar-refractivity contribution in [2.45, 2.75) is 26.3 Å². The molecule has 0 bridgehead atoms. The fourth-order valence-corrected chi connectivity index (χ4v) is 3.00. The van der Waals surface area contributed by atoms with Crippen molar-refractivity contribution < 1.29 is 19.1 Å². The Morgan fingerprint density at radius 1 is 1.04 bits per heavy atom. The summed E-state index contributed by atoms with van der Waals surface area (Å²) in [6.45, 7) is 2.41. The number of ether oxygens (including phenoxy) is 2. The second-order valence-electron chi connectivity index (χ2n) is 6.77. The van der Waals surface area contributed by atoms with E-state index in [0.717, 1.165) is 11.1 Å². The van der Waals surface area contributed by atoms with Gasteiger partial charge in [0.2, 0.25) is 11.8 Å². The van der Waals surface area contributed by atoms with Gasteiger partial charge >= 0.3 is 0 Å². The molecule has 0 saturated heterocycles. The largest absolute Gasteiger partial charge is 0.497 e. The van der Waals surface area contributed by atoms with Crippen LogP contribution < -0.4 is 20.1 Å². The van der Waals surface area contributed by atoms with Gasteiger partial charge in [0.25, 0.3) is 0 Å². The summed E-state index contributed by atoms with van der Waals surface area (Å²) in [4.78, 5) is 25.4. The van der Waals surface area contributed by atoms with Gasteiger partial charge in [-0.2, -0.15) is 0 Å². The van der Waals surface area contributed by atoms with E-state index in [9.17, 15) is 9.59 Å². The van der Waals surface area contributed by atoms with Crippen molar-refractivity contribution in [3.05, 3.63) is 53.6 Å². The zero-order chi connectivity index (χ0) is 19.4. The molecule has 0 heterocycles. The van der Waals surface area contributed by atoms with E-state index >= 15 is 0 Å². The molecule has 2 aromatic rings. The third-order valence-electron chi connectivity index (χ3n) is 4.81. The summed E-state index contributed by atoms with van der Waals surface area (Å²) in [7, 11) is 3.08. The first-order valence-electron chi connectivity index (χ1n) is 8.86. The smallest absolute Gasteiger partial charge is 0.240 e. The SMILES string of the molecule is COc1ccc(NC(=O)C2(C(=O)NCc3cccc(C)c3)CC2)c(OC)c1. The van der Waals surface area contributed by atoms with E-state index in [1.54, 1.807) is 25.3 Å². The molecule has 1 aliphatic rings. The lowest BCUT2D eigenvalue weighted by Crippen LogP contribution is -2.39. The van der Waals surface area contributed by atoms with E-state index in [1.807, 2.05) is 31.2 Å². The molecule has 6 heteroatoms. The van der Waals surface area contributed by atoms with Gasteiger partial charge in [-0.1, -0.05) is 29.8 Å². The summed E-state index contributed by atoms with van der Waals surface area (Å²) in [6, 6.07) is 13.0. The summed E-state index contributed by atoms with van der Waals surface area (Å²) in [5.74, 6) is 0.558. The zero-order valence-electron chi connectivity index (χ0n) is 15.8. The predicted molar refractivity (Wildman–Crippen MR) is 103 cm³/mol. The van der Waals surface area contributed by atoms with Gasteiger partial charge < -0.3 is 20.1 Å². The maximum atomic E-state index is 12.8. The van der Waals surface area contributed by atoms with Crippen LogP contribution in [0.4, 0.5) is 5.69 Å². The van der Waals surface area contributed by atoms with Gasteiger partial charge in [0, 0.05) is 12.6 Å². The van der Waals surface area contributed by atoms with Crippen LogP contribution in [0.25, 0.3) is 0 Å². The average molecular weight is 368 g/mol. The molecule has 2 amide bonds. The molecule has 0 aromatic heterocycles. The molecule has 0 aliphatic heterocycles. The minimum absolute atomic E-state index is 0.242. The number of anilines is 1. The molecule has 0 unspecified atom stereocenters. The van der Waals surface area contributed by atoms with E-state index in [2.05, 4.69) is 10.6 Å². The number of hydrogen-bond donors (Lipinski definition) is 2. The molecule has 0 atom stereocenters. The Balaban J connectivity index is 1.66. The number of rotatable bonds is 7. The topological polar surface area (TPSA) is 76.7 Å². The third kappa shape index (κ3) is 4.05. The quantitative estimate of drug-likeness (QED) is 0.737. The molecule has 27 heavy (non-hydrogen) atoms. The summed E-state index contributed by atoms with van der Waals surface area (Å²) in [5.41, 5.74) is 1.65. The molecule has 1 aliphatic carbocycles. The van der Waals surface area contributed by atoms with Gasteiger partial charge in [-0.15, -0.1) is 0 Å². The third-order valence-corrected chi connectivity index (χ3v) is 4.81. The number of amides is 2. The van der Waals surface area contributed by atoms with Crippen molar-refractivity contribution in [1.29, 1.82) is 0 Å². The normalized spacial score (nSPS) is 14.2. The maximum Gasteiger partial charge on any atom is 0.240 e. The highest BCUT2D eigenvalue weighted by Gasteiger charge is 2.56. The molecular weight excluding hydrogens is 344 g/mol. The van der Waals surface area contributed by atoms with Crippen LogP contribution in [0, 0.1) is 12.3 Å². The first kappa shape index (κ1) is 18.8. The molecule has 6 nitrogen and oxygen atoms in total. The number of carbonyl (C=O) groups excluding carboxylic acids is 2. The molecule has 0 spiro atoms. The van der Waals surface area contributed by atoms with Crippen molar-refractivity contribution in [1.82, 2.24) is 5.32 Å². The number of nitrogens with one attached hydrogen (secondary N) is 2. The van der Waals surface area contributed by atoms with E-state index in [-0.39, 0.29) is 11.8 Å². The Bertz CT molecular complexity index is 859. The molecule has 3 rings (SSSR count). The highest BCUT2D eigenvalue weighted by atomic mass is 16.5. The minimum atomic E-state index is -1.01. The van der Waals surface area contributed by atoms with Crippen LogP contribution in [0.15, 0.2) is 42.5 Å². The lowest BCUT2D eigenvalue weighted by molar-refractivity contribution is -0.134. The fraction of sp³-hybridized carbons (Fsp3) is 0.333. The summed E-state index contributed by atoms with van der Waals surface area (Å²) < 4.78 is 10.5. The highest BCUT2D eigenvalue weighted by molar-refractivity contribution is 6.13. The number of aryl methyl sites for hydroxylation is 1. The Hall–Kier alpha value is -3.02. The van der Waals surface area contributed by atoms with Gasteiger partial charge in [0.05, 0.1) is 19.9 Å². The van der Waals surface area contributed by atoms with Crippen molar-refractivity contribution in [2.75, 3.05) is 19.5 Å². The van der Waals surface area contributed by atoms with E-state index in [1.165, 1.54) is 7.11 Å². The number of methoxy groups -OCH3 is 2. The van der Waals surface area contributed by atoms with Crippen LogP contribution in [0.5, 0.6) is 11.5 Å². The lowest BCUT2D eigenvalue weighted by Gasteiger charge is -2.17. The van der Waals surface area contributed by atoms with Crippen molar-refractivity contribution >= 4 is 17.5 Å². The molecule has 2 aromatic carbocycles. The van der Waals surface area contributed by atoms with Gasteiger partial charge in [0.15, 0.2) is 0 Å².